The molecule has 0 unspecified atom stereocenters. The van der Waals surface area contributed by atoms with Gasteiger partial charge >= 0.3 is 12.2 Å². The van der Waals surface area contributed by atoms with Gasteiger partial charge in [-0.3, -0.25) is 4.79 Å². The summed E-state index contributed by atoms with van der Waals surface area (Å²) < 4.78 is 18.5. The molecule has 10 heteroatoms. The molecule has 0 bridgehead atoms. The molecule has 0 saturated carbocycles. The minimum Gasteiger partial charge on any atom is -0.493 e. The Hall–Kier alpha value is -4.05. The molecule has 2 aliphatic heterocycles. The third-order valence-electron chi connectivity index (χ3n) is 9.13. The number of amides is 3. The third-order valence-corrected chi connectivity index (χ3v) is 9.63. The maximum Gasteiger partial charge on any atom is 0.410 e. The number of rotatable bonds is 4. The van der Waals surface area contributed by atoms with Crippen LogP contribution in [0.1, 0.15) is 74.4 Å². The van der Waals surface area contributed by atoms with Crippen LogP contribution in [0.25, 0.3) is 0 Å². The van der Waals surface area contributed by atoms with Crippen molar-refractivity contribution in [3.8, 4) is 5.75 Å². The minimum absolute atomic E-state index is 0.120. The number of hydrogen-bond acceptors (Lipinski definition) is 6. The van der Waals surface area contributed by atoms with Crippen LogP contribution in [0.2, 0.25) is 0 Å². The fraction of sp³-hybridized carbons (Fsp3) is 0.462. The van der Waals surface area contributed by atoms with Gasteiger partial charge in [-0.15, -0.1) is 0 Å². The van der Waals surface area contributed by atoms with E-state index in [4.69, 9.17) is 14.2 Å². The highest BCUT2D eigenvalue weighted by atomic mass is 79.9. The van der Waals surface area contributed by atoms with Crippen molar-refractivity contribution in [3.63, 3.8) is 0 Å². The summed E-state index contributed by atoms with van der Waals surface area (Å²) >= 11 is 3.57. The second-order valence-electron chi connectivity index (χ2n) is 14.1. The summed E-state index contributed by atoms with van der Waals surface area (Å²) in [7, 11) is 0. The molecule has 1 saturated heterocycles. The zero-order valence-electron chi connectivity index (χ0n) is 28.9. The van der Waals surface area contributed by atoms with Gasteiger partial charge in [-0.05, 0) is 87.6 Å². The van der Waals surface area contributed by atoms with E-state index in [2.05, 4.69) is 15.9 Å². The Balaban J connectivity index is 1.45. The van der Waals surface area contributed by atoms with Crippen LogP contribution in [0.15, 0.2) is 83.3 Å². The van der Waals surface area contributed by atoms with Crippen molar-refractivity contribution in [2.75, 3.05) is 39.3 Å². The lowest BCUT2D eigenvalue weighted by Crippen LogP contribution is -2.51. The van der Waals surface area contributed by atoms with Gasteiger partial charge in [0.2, 0.25) is 0 Å². The molecule has 2 aliphatic rings. The molecule has 3 aromatic rings. The monoisotopic (exact) mass is 733 g/mol. The topological polar surface area (TPSA) is 88.6 Å². The van der Waals surface area contributed by atoms with E-state index in [-0.39, 0.29) is 30.1 Å². The minimum atomic E-state index is -0.597. The van der Waals surface area contributed by atoms with Crippen molar-refractivity contribution < 1.29 is 28.6 Å². The number of carbonyl (C=O) groups is 3. The van der Waals surface area contributed by atoms with Gasteiger partial charge in [0.1, 0.15) is 18.0 Å². The van der Waals surface area contributed by atoms with E-state index < -0.39 is 5.60 Å². The predicted octanol–water partition coefficient (Wildman–Crippen LogP) is 8.31. The summed E-state index contributed by atoms with van der Waals surface area (Å²) in [5.41, 5.74) is 1.48. The van der Waals surface area contributed by atoms with E-state index in [9.17, 15) is 14.4 Å². The summed E-state index contributed by atoms with van der Waals surface area (Å²) in [6.45, 7) is 9.04. The molecule has 9 nitrogen and oxygen atoms in total. The Labute approximate surface area is 298 Å². The molecule has 0 atom stereocenters. The number of halogens is 1. The normalized spacial score (nSPS) is 17.5. The molecule has 3 amide bonds. The van der Waals surface area contributed by atoms with Crippen molar-refractivity contribution in [1.29, 1.82) is 0 Å². The zero-order valence-corrected chi connectivity index (χ0v) is 30.5. The maximum atomic E-state index is 14.6. The molecular formula is C39H48BrN3O6. The van der Waals surface area contributed by atoms with Crippen LogP contribution in [-0.4, -0.2) is 77.7 Å². The quantitative estimate of drug-likeness (QED) is 0.268. The average molecular weight is 735 g/mol. The van der Waals surface area contributed by atoms with Crippen molar-refractivity contribution >= 4 is 34.0 Å². The van der Waals surface area contributed by atoms with Crippen molar-refractivity contribution in [3.05, 3.63) is 100 Å². The van der Waals surface area contributed by atoms with Gasteiger partial charge in [0.15, 0.2) is 0 Å². The Kier molecular flexibility index (Phi) is 12.3. The van der Waals surface area contributed by atoms with Crippen LogP contribution in [0.5, 0.6) is 5.75 Å². The molecule has 0 radical (unpaired) electrons. The second kappa shape index (κ2) is 16.6. The number of nitrogens with zero attached hydrogens (tertiary/aromatic N) is 3. The highest BCUT2D eigenvalue weighted by Gasteiger charge is 2.40. The molecule has 2 heterocycles. The standard InChI is InChI=1S/C39H48BrN3O6/c1-38(2,3)49-37(46)42-23-19-39(20-24-42)18-22-41(36(45)48-28-31-14-8-5-9-15-31)21-10-11-25-47-34-17-16-32(40)26-33(34)35(44)43(29-39)27-30-12-6-4-7-13-30/h4-9,12-17,26H,10-11,18-25,27-29H2,1-3H3. The summed E-state index contributed by atoms with van der Waals surface area (Å²) in [6.07, 6.45) is 2.69. The fourth-order valence-electron chi connectivity index (χ4n) is 6.41. The van der Waals surface area contributed by atoms with Crippen molar-refractivity contribution in [2.24, 2.45) is 5.41 Å². The van der Waals surface area contributed by atoms with Crippen molar-refractivity contribution in [1.82, 2.24) is 14.7 Å². The molecule has 0 aliphatic carbocycles. The van der Waals surface area contributed by atoms with E-state index in [1.807, 2.05) is 105 Å². The van der Waals surface area contributed by atoms with Crippen LogP contribution in [-0.2, 0) is 22.6 Å². The van der Waals surface area contributed by atoms with Gasteiger partial charge in [0.05, 0.1) is 12.2 Å². The van der Waals surface area contributed by atoms with Gasteiger partial charge in [0.25, 0.3) is 5.91 Å². The SMILES string of the molecule is CC(C)(C)OC(=O)N1CCC2(CCN(C(=O)OCc3ccccc3)CCCCOc3ccc(Br)cc3C(=O)N(Cc3ccccc3)C2)CC1. The molecule has 3 aromatic carbocycles. The Morgan fingerprint density at radius 1 is 0.816 bits per heavy atom. The van der Waals surface area contributed by atoms with Gasteiger partial charge in [0, 0.05) is 43.7 Å². The van der Waals surface area contributed by atoms with E-state index >= 15 is 0 Å². The van der Waals surface area contributed by atoms with Crippen LogP contribution in [0.3, 0.4) is 0 Å². The Morgan fingerprint density at radius 3 is 2.06 bits per heavy atom. The number of ether oxygens (including phenoxy) is 3. The smallest absolute Gasteiger partial charge is 0.410 e. The van der Waals surface area contributed by atoms with E-state index in [1.54, 1.807) is 9.80 Å². The van der Waals surface area contributed by atoms with Crippen LogP contribution < -0.4 is 4.74 Å². The van der Waals surface area contributed by atoms with Crippen LogP contribution in [0.4, 0.5) is 9.59 Å². The number of fused-ring (bicyclic) bond motifs is 1. The Morgan fingerprint density at radius 2 is 1.43 bits per heavy atom. The fourth-order valence-corrected chi connectivity index (χ4v) is 6.78. The van der Waals surface area contributed by atoms with Crippen molar-refractivity contribution in [2.45, 2.75) is 71.6 Å². The van der Waals surface area contributed by atoms with Crippen LogP contribution in [0, 0.1) is 5.41 Å². The lowest BCUT2D eigenvalue weighted by Gasteiger charge is -2.45. The molecule has 1 spiro atoms. The number of benzene rings is 3. The first-order valence-electron chi connectivity index (χ1n) is 17.2. The zero-order chi connectivity index (χ0) is 34.9. The summed E-state index contributed by atoms with van der Waals surface area (Å²) in [5, 5.41) is 0. The summed E-state index contributed by atoms with van der Waals surface area (Å²) in [6, 6.07) is 25.2. The molecule has 5 rings (SSSR count). The third kappa shape index (κ3) is 10.5. The molecule has 1 fully saturated rings. The lowest BCUT2D eigenvalue weighted by molar-refractivity contribution is 0.0000558. The van der Waals surface area contributed by atoms with E-state index in [0.717, 1.165) is 22.0 Å². The number of carbonyl (C=O) groups excluding carboxylic acids is 3. The first-order valence-corrected chi connectivity index (χ1v) is 18.0. The second-order valence-corrected chi connectivity index (χ2v) is 15.0. The van der Waals surface area contributed by atoms with E-state index in [1.165, 1.54) is 0 Å². The highest BCUT2D eigenvalue weighted by Crippen LogP contribution is 2.38. The average Bonchev–Trinajstić information content (AvgIpc) is 3.08. The highest BCUT2D eigenvalue weighted by molar-refractivity contribution is 9.10. The number of hydrogen-bond donors (Lipinski definition) is 0. The summed E-state index contributed by atoms with van der Waals surface area (Å²) in [5.74, 6) is 0.418. The number of piperidine rings is 1. The van der Waals surface area contributed by atoms with E-state index in [0.29, 0.717) is 82.9 Å². The predicted molar refractivity (Wildman–Crippen MR) is 192 cm³/mol. The molecule has 262 valence electrons. The maximum absolute atomic E-state index is 14.6. The van der Waals surface area contributed by atoms with Gasteiger partial charge < -0.3 is 28.9 Å². The van der Waals surface area contributed by atoms with Crippen LogP contribution >= 0.6 is 15.9 Å². The van der Waals surface area contributed by atoms with Gasteiger partial charge in [-0.1, -0.05) is 76.6 Å². The molecule has 0 N–H and O–H groups in total. The summed E-state index contributed by atoms with van der Waals surface area (Å²) in [4.78, 5) is 46.7. The first-order chi connectivity index (χ1) is 23.5. The first kappa shape index (κ1) is 36.2. The number of likely N-dealkylation sites (tertiary alicyclic amines) is 1. The lowest BCUT2D eigenvalue weighted by atomic mass is 9.74. The largest absolute Gasteiger partial charge is 0.493 e. The van der Waals surface area contributed by atoms with Gasteiger partial charge in [-0.2, -0.15) is 0 Å². The molecular weight excluding hydrogens is 686 g/mol. The molecule has 0 aromatic heterocycles. The Bertz CT molecular complexity index is 1550. The molecule has 49 heavy (non-hydrogen) atoms. The van der Waals surface area contributed by atoms with Gasteiger partial charge in [-0.25, -0.2) is 9.59 Å².